The standard InChI is InChI=1S/C14H19NO5S/c1-20-13-7-6-11(10-12(13)14(16)17)21(18,19)15-8-4-2-3-5-9-15/h6-7,10H,2-5,8-9H2,1H3,(H,16,17)/p-1. The lowest BCUT2D eigenvalue weighted by Crippen LogP contribution is -2.32. The van der Waals surface area contributed by atoms with Gasteiger partial charge in [-0.3, -0.25) is 0 Å². The van der Waals surface area contributed by atoms with Crippen molar-refractivity contribution >= 4 is 16.0 Å². The Morgan fingerprint density at radius 3 is 2.33 bits per heavy atom. The van der Waals surface area contributed by atoms with Crippen molar-refractivity contribution in [1.82, 2.24) is 4.31 Å². The molecular weight excluding hydrogens is 294 g/mol. The highest BCUT2D eigenvalue weighted by Gasteiger charge is 2.26. The van der Waals surface area contributed by atoms with E-state index in [9.17, 15) is 18.3 Å². The van der Waals surface area contributed by atoms with Crippen molar-refractivity contribution in [3.63, 3.8) is 0 Å². The van der Waals surface area contributed by atoms with Crippen LogP contribution in [0.4, 0.5) is 0 Å². The van der Waals surface area contributed by atoms with Gasteiger partial charge in [0.15, 0.2) is 0 Å². The molecule has 0 bridgehead atoms. The highest BCUT2D eigenvalue weighted by molar-refractivity contribution is 7.89. The summed E-state index contributed by atoms with van der Waals surface area (Å²) in [6.45, 7) is 0.935. The van der Waals surface area contributed by atoms with E-state index in [-0.39, 0.29) is 16.2 Å². The van der Waals surface area contributed by atoms with Crippen molar-refractivity contribution in [2.45, 2.75) is 30.6 Å². The van der Waals surface area contributed by atoms with Gasteiger partial charge in [-0.1, -0.05) is 12.8 Å². The van der Waals surface area contributed by atoms with Crippen LogP contribution in [0.3, 0.4) is 0 Å². The molecule has 2 rings (SSSR count). The molecule has 1 aromatic carbocycles. The normalized spacial score (nSPS) is 17.2. The smallest absolute Gasteiger partial charge is 0.243 e. The maximum atomic E-state index is 12.6. The van der Waals surface area contributed by atoms with E-state index in [2.05, 4.69) is 0 Å². The van der Waals surface area contributed by atoms with Crippen LogP contribution in [0, 0.1) is 0 Å². The Hall–Kier alpha value is -1.60. The van der Waals surface area contributed by atoms with Gasteiger partial charge in [-0.05, 0) is 31.0 Å². The number of methoxy groups -OCH3 is 1. The molecular formula is C14H18NO5S-. The molecule has 0 N–H and O–H groups in total. The number of rotatable bonds is 4. The second-order valence-electron chi connectivity index (χ2n) is 4.97. The average Bonchev–Trinajstić information content (AvgIpc) is 2.76. The maximum Gasteiger partial charge on any atom is 0.243 e. The topological polar surface area (TPSA) is 86.7 Å². The van der Waals surface area contributed by atoms with Crippen molar-refractivity contribution in [2.24, 2.45) is 0 Å². The molecule has 116 valence electrons. The Morgan fingerprint density at radius 1 is 1.19 bits per heavy atom. The molecule has 0 aliphatic carbocycles. The van der Waals surface area contributed by atoms with Crippen LogP contribution in [0.1, 0.15) is 36.0 Å². The van der Waals surface area contributed by atoms with Crippen molar-refractivity contribution < 1.29 is 23.1 Å². The van der Waals surface area contributed by atoms with E-state index in [4.69, 9.17) is 4.74 Å². The largest absolute Gasteiger partial charge is 0.545 e. The molecule has 0 amide bonds. The lowest BCUT2D eigenvalue weighted by Gasteiger charge is -2.21. The molecule has 1 heterocycles. The molecule has 0 radical (unpaired) electrons. The highest BCUT2D eigenvalue weighted by atomic mass is 32.2. The second kappa shape index (κ2) is 6.44. The number of carbonyl (C=O) groups is 1. The van der Waals surface area contributed by atoms with E-state index in [0.29, 0.717) is 13.1 Å². The summed E-state index contributed by atoms with van der Waals surface area (Å²) in [4.78, 5) is 11.1. The zero-order valence-corrected chi connectivity index (χ0v) is 12.7. The van der Waals surface area contributed by atoms with E-state index in [1.54, 1.807) is 0 Å². The molecule has 6 nitrogen and oxygen atoms in total. The van der Waals surface area contributed by atoms with Crippen molar-refractivity contribution in [2.75, 3.05) is 20.2 Å². The van der Waals surface area contributed by atoms with Gasteiger partial charge in [-0.25, -0.2) is 8.42 Å². The number of benzene rings is 1. The summed E-state index contributed by atoms with van der Waals surface area (Å²) in [6.07, 6.45) is 3.67. The first-order valence-corrected chi connectivity index (χ1v) is 8.30. The van der Waals surface area contributed by atoms with Crippen LogP contribution < -0.4 is 9.84 Å². The lowest BCUT2D eigenvalue weighted by molar-refractivity contribution is -0.255. The highest BCUT2D eigenvalue weighted by Crippen LogP contribution is 2.25. The molecule has 1 saturated heterocycles. The van der Waals surface area contributed by atoms with Gasteiger partial charge in [-0.15, -0.1) is 0 Å². The molecule has 7 heteroatoms. The van der Waals surface area contributed by atoms with Gasteiger partial charge in [-0.2, -0.15) is 4.31 Å². The predicted molar refractivity (Wildman–Crippen MR) is 74.6 cm³/mol. The SMILES string of the molecule is COc1ccc(S(=O)(=O)N2CCCCCC2)cc1C(=O)[O-]. The van der Waals surface area contributed by atoms with E-state index in [1.807, 2.05) is 0 Å². The summed E-state index contributed by atoms with van der Waals surface area (Å²) in [6, 6.07) is 3.82. The molecule has 0 atom stereocenters. The summed E-state index contributed by atoms with van der Waals surface area (Å²) in [5, 5.41) is 11.1. The summed E-state index contributed by atoms with van der Waals surface area (Å²) >= 11 is 0. The fourth-order valence-electron chi connectivity index (χ4n) is 2.44. The molecule has 1 aromatic rings. The summed E-state index contributed by atoms with van der Waals surface area (Å²) in [5.41, 5.74) is -0.256. The minimum atomic E-state index is -3.68. The summed E-state index contributed by atoms with van der Waals surface area (Å²) in [5.74, 6) is -1.37. The first-order valence-electron chi connectivity index (χ1n) is 6.86. The van der Waals surface area contributed by atoms with E-state index >= 15 is 0 Å². The van der Waals surface area contributed by atoms with Gasteiger partial charge in [0.1, 0.15) is 5.75 Å². The van der Waals surface area contributed by atoms with Gasteiger partial charge in [0, 0.05) is 18.7 Å². The van der Waals surface area contributed by atoms with Crippen molar-refractivity contribution in [3.05, 3.63) is 23.8 Å². The molecule has 21 heavy (non-hydrogen) atoms. The number of aromatic carboxylic acids is 1. The second-order valence-corrected chi connectivity index (χ2v) is 6.91. The fraction of sp³-hybridized carbons (Fsp3) is 0.500. The summed E-state index contributed by atoms with van der Waals surface area (Å²) in [7, 11) is -2.36. The third-order valence-electron chi connectivity index (χ3n) is 3.59. The number of sulfonamides is 1. The van der Waals surface area contributed by atoms with Crippen LogP contribution in [0.2, 0.25) is 0 Å². The first-order chi connectivity index (χ1) is 9.96. The van der Waals surface area contributed by atoms with Crippen LogP contribution in [-0.4, -0.2) is 38.9 Å². The Morgan fingerprint density at radius 2 is 1.81 bits per heavy atom. The third-order valence-corrected chi connectivity index (χ3v) is 5.49. The number of hydrogen-bond acceptors (Lipinski definition) is 5. The zero-order valence-electron chi connectivity index (χ0n) is 11.9. The molecule has 1 aliphatic rings. The predicted octanol–water partition coefficient (Wildman–Crippen LogP) is 0.623. The lowest BCUT2D eigenvalue weighted by atomic mass is 10.2. The number of carboxylic acid groups (broad SMARTS) is 1. The van der Waals surface area contributed by atoms with Gasteiger partial charge >= 0.3 is 0 Å². The van der Waals surface area contributed by atoms with Gasteiger partial charge in [0.25, 0.3) is 0 Å². The Kier molecular flexibility index (Phi) is 4.84. The van der Waals surface area contributed by atoms with Crippen LogP contribution in [0.25, 0.3) is 0 Å². The Balaban J connectivity index is 2.39. The minimum Gasteiger partial charge on any atom is -0.545 e. The molecule has 0 unspecified atom stereocenters. The number of carboxylic acids is 1. The molecule has 0 aromatic heterocycles. The van der Waals surface area contributed by atoms with E-state index < -0.39 is 16.0 Å². The van der Waals surface area contributed by atoms with Crippen LogP contribution in [0.5, 0.6) is 5.75 Å². The van der Waals surface area contributed by atoms with Crippen LogP contribution >= 0.6 is 0 Å². The van der Waals surface area contributed by atoms with Crippen LogP contribution in [-0.2, 0) is 10.0 Å². The third kappa shape index (κ3) is 3.36. The number of carbonyl (C=O) groups excluding carboxylic acids is 1. The summed E-state index contributed by atoms with van der Waals surface area (Å²) < 4.78 is 31.5. The minimum absolute atomic E-state index is 0.0376. The number of nitrogens with zero attached hydrogens (tertiary/aromatic N) is 1. The average molecular weight is 312 g/mol. The molecule has 1 aliphatic heterocycles. The van der Waals surface area contributed by atoms with Crippen molar-refractivity contribution in [1.29, 1.82) is 0 Å². The number of hydrogen-bond donors (Lipinski definition) is 0. The molecule has 1 fully saturated rings. The van der Waals surface area contributed by atoms with Gasteiger partial charge in [0.05, 0.1) is 18.0 Å². The van der Waals surface area contributed by atoms with E-state index in [1.165, 1.54) is 23.5 Å². The Labute approximate surface area is 124 Å². The van der Waals surface area contributed by atoms with Gasteiger partial charge in [0.2, 0.25) is 10.0 Å². The quantitative estimate of drug-likeness (QED) is 0.813. The van der Waals surface area contributed by atoms with Crippen molar-refractivity contribution in [3.8, 4) is 5.75 Å². The van der Waals surface area contributed by atoms with Gasteiger partial charge < -0.3 is 14.6 Å². The first kappa shape index (κ1) is 15.8. The molecule has 0 saturated carbocycles. The number of ether oxygens (including phenoxy) is 1. The zero-order chi connectivity index (χ0) is 15.5. The molecule has 0 spiro atoms. The maximum absolute atomic E-state index is 12.6. The fourth-order valence-corrected chi connectivity index (χ4v) is 3.98. The monoisotopic (exact) mass is 312 g/mol. The Bertz CT molecular complexity index is 618. The van der Waals surface area contributed by atoms with E-state index in [0.717, 1.165) is 31.7 Å². The van der Waals surface area contributed by atoms with Crippen LogP contribution in [0.15, 0.2) is 23.1 Å².